The van der Waals surface area contributed by atoms with Gasteiger partial charge in [-0.15, -0.1) is 0 Å². The standard InChI is InChI=1S/C24H27N3O3S/c1-31-16-11-21(27-22(28)19-9-5-6-10-20(19)23(27)29)24(30)26-14-12-25(13-15-26)17-18-7-3-2-4-8-18/h2-10,21H,11-17H2,1H3. The number of hydrogen-bond donors (Lipinski definition) is 0. The number of hydrogen-bond acceptors (Lipinski definition) is 5. The molecular formula is C24H27N3O3S. The number of rotatable bonds is 7. The lowest BCUT2D eigenvalue weighted by atomic mass is 10.1. The Labute approximate surface area is 187 Å². The molecule has 1 fully saturated rings. The third-order valence-electron chi connectivity index (χ3n) is 5.95. The average molecular weight is 438 g/mol. The van der Waals surface area contributed by atoms with Crippen LogP contribution in [0.1, 0.15) is 32.7 Å². The fraction of sp³-hybridized carbons (Fsp3) is 0.375. The molecule has 6 nitrogen and oxygen atoms in total. The van der Waals surface area contributed by atoms with Crippen LogP contribution in [0.3, 0.4) is 0 Å². The van der Waals surface area contributed by atoms with Crippen molar-refractivity contribution in [3.05, 3.63) is 71.3 Å². The average Bonchev–Trinajstić information content (AvgIpc) is 3.06. The number of carbonyl (C=O) groups excluding carboxylic acids is 3. The molecule has 31 heavy (non-hydrogen) atoms. The molecule has 2 heterocycles. The second-order valence-corrected chi connectivity index (χ2v) is 8.90. The Balaban J connectivity index is 1.45. The molecule has 162 valence electrons. The Morgan fingerprint density at radius 1 is 0.903 bits per heavy atom. The van der Waals surface area contributed by atoms with E-state index in [0.29, 0.717) is 36.4 Å². The summed E-state index contributed by atoms with van der Waals surface area (Å²) in [4.78, 5) is 44.7. The van der Waals surface area contributed by atoms with Crippen LogP contribution in [0.2, 0.25) is 0 Å². The third-order valence-corrected chi connectivity index (χ3v) is 6.59. The quantitative estimate of drug-likeness (QED) is 0.624. The molecule has 0 aromatic heterocycles. The minimum Gasteiger partial charge on any atom is -0.338 e. The van der Waals surface area contributed by atoms with Crippen LogP contribution in [0.5, 0.6) is 0 Å². The summed E-state index contributed by atoms with van der Waals surface area (Å²) in [7, 11) is 0. The maximum absolute atomic E-state index is 13.5. The lowest BCUT2D eigenvalue weighted by Crippen LogP contribution is -2.56. The first-order valence-corrected chi connectivity index (χ1v) is 12.0. The van der Waals surface area contributed by atoms with Crippen LogP contribution in [-0.2, 0) is 11.3 Å². The van der Waals surface area contributed by atoms with Crippen molar-refractivity contribution in [2.24, 2.45) is 0 Å². The number of carbonyl (C=O) groups is 3. The van der Waals surface area contributed by atoms with Gasteiger partial charge in [0.25, 0.3) is 11.8 Å². The van der Waals surface area contributed by atoms with E-state index in [1.165, 1.54) is 10.5 Å². The first kappa shape index (κ1) is 21.6. The summed E-state index contributed by atoms with van der Waals surface area (Å²) in [5.74, 6) is -0.133. The summed E-state index contributed by atoms with van der Waals surface area (Å²) >= 11 is 1.61. The zero-order valence-corrected chi connectivity index (χ0v) is 18.5. The maximum atomic E-state index is 13.5. The van der Waals surface area contributed by atoms with Gasteiger partial charge >= 0.3 is 0 Å². The smallest absolute Gasteiger partial charge is 0.262 e. The number of benzene rings is 2. The van der Waals surface area contributed by atoms with Gasteiger partial charge in [-0.05, 0) is 36.1 Å². The van der Waals surface area contributed by atoms with Crippen LogP contribution in [0.4, 0.5) is 0 Å². The van der Waals surface area contributed by atoms with Crippen molar-refractivity contribution in [2.75, 3.05) is 38.2 Å². The molecule has 2 aliphatic heterocycles. The molecule has 0 saturated carbocycles. The highest BCUT2D eigenvalue weighted by molar-refractivity contribution is 7.98. The van der Waals surface area contributed by atoms with Crippen LogP contribution in [-0.4, -0.2) is 76.7 Å². The lowest BCUT2D eigenvalue weighted by Gasteiger charge is -2.37. The van der Waals surface area contributed by atoms with Crippen molar-refractivity contribution in [3.63, 3.8) is 0 Å². The number of imide groups is 1. The molecule has 7 heteroatoms. The normalized spacial score (nSPS) is 17.7. The van der Waals surface area contributed by atoms with Gasteiger partial charge in [0.1, 0.15) is 6.04 Å². The Morgan fingerprint density at radius 2 is 1.48 bits per heavy atom. The van der Waals surface area contributed by atoms with Crippen molar-refractivity contribution in [1.82, 2.24) is 14.7 Å². The summed E-state index contributed by atoms with van der Waals surface area (Å²) < 4.78 is 0. The van der Waals surface area contributed by atoms with Gasteiger partial charge in [-0.3, -0.25) is 24.2 Å². The molecule has 0 bridgehead atoms. The van der Waals surface area contributed by atoms with Crippen molar-refractivity contribution in [2.45, 2.75) is 19.0 Å². The van der Waals surface area contributed by atoms with Gasteiger partial charge < -0.3 is 4.90 Å². The van der Waals surface area contributed by atoms with E-state index < -0.39 is 6.04 Å². The first-order chi connectivity index (χ1) is 15.1. The number of nitrogens with zero attached hydrogens (tertiary/aromatic N) is 3. The van der Waals surface area contributed by atoms with Crippen LogP contribution >= 0.6 is 11.8 Å². The highest BCUT2D eigenvalue weighted by Gasteiger charge is 2.43. The molecule has 3 amide bonds. The summed E-state index contributed by atoms with van der Waals surface area (Å²) in [5, 5.41) is 0. The second kappa shape index (κ2) is 9.66. The summed E-state index contributed by atoms with van der Waals surface area (Å²) in [6.07, 6.45) is 2.43. The van der Waals surface area contributed by atoms with E-state index in [0.717, 1.165) is 19.6 Å². The number of thioether (sulfide) groups is 1. The van der Waals surface area contributed by atoms with Gasteiger partial charge in [-0.2, -0.15) is 11.8 Å². The largest absolute Gasteiger partial charge is 0.338 e. The molecule has 1 saturated heterocycles. The molecule has 0 aliphatic carbocycles. The van der Waals surface area contributed by atoms with Gasteiger partial charge in [0.15, 0.2) is 0 Å². The van der Waals surface area contributed by atoms with Gasteiger partial charge in [-0.25, -0.2) is 0 Å². The molecule has 1 atom stereocenters. The van der Waals surface area contributed by atoms with Crippen LogP contribution in [0, 0.1) is 0 Å². The van der Waals surface area contributed by atoms with E-state index >= 15 is 0 Å². The molecule has 1 unspecified atom stereocenters. The van der Waals surface area contributed by atoms with E-state index in [1.54, 1.807) is 36.0 Å². The third kappa shape index (κ3) is 4.52. The molecule has 0 spiro atoms. The SMILES string of the molecule is CSCCC(C(=O)N1CCN(Cc2ccccc2)CC1)N1C(=O)c2ccccc2C1=O. The predicted molar refractivity (Wildman–Crippen MR) is 122 cm³/mol. The molecule has 2 aliphatic rings. The van der Waals surface area contributed by atoms with Crippen molar-refractivity contribution >= 4 is 29.5 Å². The highest BCUT2D eigenvalue weighted by Crippen LogP contribution is 2.27. The Bertz CT molecular complexity index is 923. The molecule has 0 radical (unpaired) electrons. The lowest BCUT2D eigenvalue weighted by molar-refractivity contribution is -0.137. The molecule has 2 aromatic carbocycles. The van der Waals surface area contributed by atoms with Crippen LogP contribution < -0.4 is 0 Å². The van der Waals surface area contributed by atoms with E-state index in [1.807, 2.05) is 29.4 Å². The van der Waals surface area contributed by atoms with E-state index in [-0.39, 0.29) is 17.7 Å². The highest BCUT2D eigenvalue weighted by atomic mass is 32.2. The number of amides is 3. The summed E-state index contributed by atoms with van der Waals surface area (Å²) in [5.41, 5.74) is 2.04. The van der Waals surface area contributed by atoms with E-state index in [2.05, 4.69) is 17.0 Å². The first-order valence-electron chi connectivity index (χ1n) is 10.6. The minimum absolute atomic E-state index is 0.122. The second-order valence-electron chi connectivity index (χ2n) is 7.91. The minimum atomic E-state index is -0.750. The van der Waals surface area contributed by atoms with Gasteiger partial charge in [-0.1, -0.05) is 42.5 Å². The van der Waals surface area contributed by atoms with E-state index in [9.17, 15) is 14.4 Å². The van der Waals surface area contributed by atoms with Crippen molar-refractivity contribution in [1.29, 1.82) is 0 Å². The van der Waals surface area contributed by atoms with Crippen LogP contribution in [0.15, 0.2) is 54.6 Å². The molecule has 2 aromatic rings. The van der Waals surface area contributed by atoms with Crippen molar-refractivity contribution < 1.29 is 14.4 Å². The monoisotopic (exact) mass is 437 g/mol. The summed E-state index contributed by atoms with van der Waals surface area (Å²) in [6, 6.07) is 16.4. The van der Waals surface area contributed by atoms with Gasteiger partial charge in [0.2, 0.25) is 5.91 Å². The number of fused-ring (bicyclic) bond motifs is 1. The fourth-order valence-corrected chi connectivity index (χ4v) is 4.72. The Morgan fingerprint density at radius 3 is 2.06 bits per heavy atom. The molecular weight excluding hydrogens is 410 g/mol. The van der Waals surface area contributed by atoms with Gasteiger partial charge in [0.05, 0.1) is 11.1 Å². The maximum Gasteiger partial charge on any atom is 0.262 e. The van der Waals surface area contributed by atoms with Crippen molar-refractivity contribution in [3.8, 4) is 0 Å². The van der Waals surface area contributed by atoms with Gasteiger partial charge in [0, 0.05) is 32.7 Å². The zero-order valence-electron chi connectivity index (χ0n) is 17.7. The predicted octanol–water partition coefficient (Wildman–Crippen LogP) is 2.75. The fourth-order valence-electron chi connectivity index (χ4n) is 4.26. The Kier molecular flexibility index (Phi) is 6.73. The Hall–Kier alpha value is -2.64. The number of piperazine rings is 1. The zero-order chi connectivity index (χ0) is 21.8. The molecule has 0 N–H and O–H groups in total. The molecule has 4 rings (SSSR count). The van der Waals surface area contributed by atoms with E-state index in [4.69, 9.17) is 0 Å². The van der Waals surface area contributed by atoms with Crippen LogP contribution in [0.25, 0.3) is 0 Å². The summed E-state index contributed by atoms with van der Waals surface area (Å²) in [6.45, 7) is 3.61. The topological polar surface area (TPSA) is 60.9 Å².